The van der Waals surface area contributed by atoms with Crippen LogP contribution in [0.2, 0.25) is 0 Å². The first-order valence-electron chi connectivity index (χ1n) is 7.44. The Balaban J connectivity index is 1.75. The van der Waals surface area contributed by atoms with Crippen LogP contribution in [0.25, 0.3) is 11.0 Å². The number of nitrogens with one attached hydrogen (secondary N) is 1. The van der Waals surface area contributed by atoms with Crippen molar-refractivity contribution in [1.82, 2.24) is 20.2 Å². The number of furan rings is 1. The summed E-state index contributed by atoms with van der Waals surface area (Å²) in [6, 6.07) is 4.07. The molecule has 3 aromatic heterocycles. The Hall–Kier alpha value is -2.41. The summed E-state index contributed by atoms with van der Waals surface area (Å²) in [5, 5.41) is 7.86. The minimum Gasteiger partial charge on any atom is -0.464 e. The maximum Gasteiger partial charge on any atom is 0.160 e. The van der Waals surface area contributed by atoms with E-state index in [9.17, 15) is 0 Å². The van der Waals surface area contributed by atoms with E-state index in [1.165, 1.54) is 0 Å². The lowest BCUT2D eigenvalue weighted by molar-refractivity contribution is 0.0870. The molecule has 1 aliphatic heterocycles. The fourth-order valence-electron chi connectivity index (χ4n) is 2.84. The average Bonchev–Trinajstić information content (AvgIpc) is 3.23. The number of nitrogens with zero attached hydrogens (tertiary/aromatic N) is 4. The van der Waals surface area contributed by atoms with Crippen LogP contribution < -0.4 is 4.90 Å². The van der Waals surface area contributed by atoms with Crippen molar-refractivity contribution in [3.63, 3.8) is 0 Å². The predicted octanol–water partition coefficient (Wildman–Crippen LogP) is 2.09. The maximum atomic E-state index is 5.93. The minimum atomic E-state index is 0.0158. The molecule has 0 saturated carbocycles. The summed E-state index contributed by atoms with van der Waals surface area (Å²) in [6.07, 6.45) is 4.20. The molecule has 0 aromatic carbocycles. The molecule has 0 amide bonds. The summed E-state index contributed by atoms with van der Waals surface area (Å²) in [6.45, 7) is 4.09. The van der Waals surface area contributed by atoms with Gasteiger partial charge in [0.15, 0.2) is 5.65 Å². The largest absolute Gasteiger partial charge is 0.464 e. The van der Waals surface area contributed by atoms with Crippen molar-refractivity contribution in [2.45, 2.75) is 19.4 Å². The molecule has 1 saturated heterocycles. The molecule has 114 valence electrons. The van der Waals surface area contributed by atoms with Crippen LogP contribution in [0.3, 0.4) is 0 Å². The summed E-state index contributed by atoms with van der Waals surface area (Å²) in [4.78, 5) is 10.9. The lowest BCUT2D eigenvalue weighted by Crippen LogP contribution is -2.40. The lowest BCUT2D eigenvalue weighted by Gasteiger charge is -2.35. The highest BCUT2D eigenvalue weighted by Gasteiger charge is 2.29. The molecular formula is C15H17N5O2. The zero-order chi connectivity index (χ0) is 14.9. The molecule has 4 heterocycles. The van der Waals surface area contributed by atoms with Crippen molar-refractivity contribution < 1.29 is 9.15 Å². The lowest BCUT2D eigenvalue weighted by atomic mass is 10.1. The molecule has 0 bridgehead atoms. The topological polar surface area (TPSA) is 80.1 Å². The van der Waals surface area contributed by atoms with Crippen molar-refractivity contribution in [3.05, 3.63) is 36.2 Å². The summed E-state index contributed by atoms with van der Waals surface area (Å²) in [5.41, 5.74) is 0.740. The number of aromatic nitrogens is 4. The Morgan fingerprint density at radius 2 is 2.32 bits per heavy atom. The van der Waals surface area contributed by atoms with Gasteiger partial charge in [0.05, 0.1) is 24.8 Å². The molecular weight excluding hydrogens is 282 g/mol. The van der Waals surface area contributed by atoms with Gasteiger partial charge in [-0.25, -0.2) is 9.97 Å². The van der Waals surface area contributed by atoms with Gasteiger partial charge in [-0.2, -0.15) is 5.10 Å². The molecule has 1 aliphatic rings. The maximum absolute atomic E-state index is 5.93. The third kappa shape index (κ3) is 2.14. The van der Waals surface area contributed by atoms with Gasteiger partial charge < -0.3 is 14.1 Å². The van der Waals surface area contributed by atoms with E-state index in [0.717, 1.165) is 41.3 Å². The number of hydrogen-bond donors (Lipinski definition) is 1. The zero-order valence-corrected chi connectivity index (χ0v) is 12.3. The van der Waals surface area contributed by atoms with Gasteiger partial charge in [-0.3, -0.25) is 5.10 Å². The fourth-order valence-corrected chi connectivity index (χ4v) is 2.84. The van der Waals surface area contributed by atoms with Gasteiger partial charge in [-0.05, 0) is 12.1 Å². The molecule has 0 spiro atoms. The second-order valence-corrected chi connectivity index (χ2v) is 5.27. The van der Waals surface area contributed by atoms with E-state index in [0.29, 0.717) is 13.2 Å². The van der Waals surface area contributed by atoms with Crippen LogP contribution >= 0.6 is 0 Å². The van der Waals surface area contributed by atoms with Crippen molar-refractivity contribution >= 4 is 16.9 Å². The van der Waals surface area contributed by atoms with Gasteiger partial charge in [0.2, 0.25) is 0 Å². The third-order valence-electron chi connectivity index (χ3n) is 3.99. The normalized spacial score (nSPS) is 19.0. The van der Waals surface area contributed by atoms with Gasteiger partial charge in [0.25, 0.3) is 0 Å². The third-order valence-corrected chi connectivity index (χ3v) is 3.99. The van der Waals surface area contributed by atoms with Gasteiger partial charge >= 0.3 is 0 Å². The van der Waals surface area contributed by atoms with E-state index < -0.39 is 0 Å². The minimum absolute atomic E-state index is 0.0158. The van der Waals surface area contributed by atoms with Crippen molar-refractivity contribution in [2.24, 2.45) is 0 Å². The molecule has 1 atom stereocenters. The highest BCUT2D eigenvalue weighted by Crippen LogP contribution is 2.32. The van der Waals surface area contributed by atoms with Gasteiger partial charge in [-0.1, -0.05) is 6.92 Å². The molecule has 22 heavy (non-hydrogen) atoms. The highest BCUT2D eigenvalue weighted by atomic mass is 16.5. The number of aryl methyl sites for hydroxylation is 1. The molecule has 1 unspecified atom stereocenters. The van der Waals surface area contributed by atoms with Gasteiger partial charge in [-0.15, -0.1) is 0 Å². The van der Waals surface area contributed by atoms with Crippen LogP contribution in [0, 0.1) is 0 Å². The summed E-state index contributed by atoms with van der Waals surface area (Å²) in [7, 11) is 0. The Kier molecular flexibility index (Phi) is 3.27. The quantitative estimate of drug-likeness (QED) is 0.797. The molecule has 4 rings (SSSR count). The summed E-state index contributed by atoms with van der Waals surface area (Å²) < 4.78 is 11.6. The number of hydrogen-bond acceptors (Lipinski definition) is 6. The number of ether oxygens (including phenoxy) is 1. The second-order valence-electron chi connectivity index (χ2n) is 5.27. The van der Waals surface area contributed by atoms with E-state index in [1.807, 2.05) is 12.1 Å². The first-order valence-corrected chi connectivity index (χ1v) is 7.44. The highest BCUT2D eigenvalue weighted by molar-refractivity contribution is 5.86. The van der Waals surface area contributed by atoms with Crippen LogP contribution in [0.15, 0.2) is 29.1 Å². The fraction of sp³-hybridized carbons (Fsp3) is 0.400. The number of anilines is 1. The number of aromatic amines is 1. The van der Waals surface area contributed by atoms with Gasteiger partial charge in [0.1, 0.15) is 29.7 Å². The van der Waals surface area contributed by atoms with Crippen molar-refractivity contribution in [2.75, 3.05) is 24.7 Å². The van der Waals surface area contributed by atoms with Crippen LogP contribution in [0.1, 0.15) is 24.5 Å². The van der Waals surface area contributed by atoms with E-state index in [4.69, 9.17) is 9.15 Å². The van der Waals surface area contributed by atoms with Crippen LogP contribution in [0.4, 0.5) is 5.82 Å². The number of fused-ring (bicyclic) bond motifs is 1. The standard InChI is InChI=1S/C15H17N5O2/c1-2-10-3-4-13(22-10)12-8-21-6-5-20(12)15-11-7-18-19-14(11)16-9-17-15/h3-4,7,9,12H,2,5-6,8H2,1H3,(H,16,17,18,19). The second kappa shape index (κ2) is 5.42. The van der Waals surface area contributed by atoms with Crippen LogP contribution in [-0.4, -0.2) is 39.9 Å². The van der Waals surface area contributed by atoms with Crippen molar-refractivity contribution in [1.29, 1.82) is 0 Å². The number of H-pyrrole nitrogens is 1. The number of rotatable bonds is 3. The smallest absolute Gasteiger partial charge is 0.160 e. The van der Waals surface area contributed by atoms with Crippen molar-refractivity contribution in [3.8, 4) is 0 Å². The predicted molar refractivity (Wildman–Crippen MR) is 80.7 cm³/mol. The van der Waals surface area contributed by atoms with E-state index in [1.54, 1.807) is 12.5 Å². The molecule has 1 fully saturated rings. The SMILES string of the molecule is CCc1ccc(C2COCCN2c2ncnc3[nH]ncc23)o1. The van der Waals surface area contributed by atoms with Crippen LogP contribution in [0.5, 0.6) is 0 Å². The molecule has 7 heteroatoms. The Bertz CT molecular complexity index is 781. The summed E-state index contributed by atoms with van der Waals surface area (Å²) >= 11 is 0. The molecule has 1 N–H and O–H groups in total. The molecule has 0 aliphatic carbocycles. The van der Waals surface area contributed by atoms with Crippen LogP contribution in [-0.2, 0) is 11.2 Å². The Labute approximate surface area is 127 Å². The Morgan fingerprint density at radius 1 is 1.36 bits per heavy atom. The molecule has 0 radical (unpaired) electrons. The number of morpholine rings is 1. The summed E-state index contributed by atoms with van der Waals surface area (Å²) in [5.74, 6) is 2.75. The first kappa shape index (κ1) is 13.3. The monoisotopic (exact) mass is 299 g/mol. The Morgan fingerprint density at radius 3 is 3.18 bits per heavy atom. The van der Waals surface area contributed by atoms with Gasteiger partial charge in [0, 0.05) is 13.0 Å². The zero-order valence-electron chi connectivity index (χ0n) is 12.3. The molecule has 3 aromatic rings. The van der Waals surface area contributed by atoms with E-state index in [2.05, 4.69) is 32.0 Å². The average molecular weight is 299 g/mol. The first-order chi connectivity index (χ1) is 10.9. The van der Waals surface area contributed by atoms with E-state index in [-0.39, 0.29) is 6.04 Å². The van der Waals surface area contributed by atoms with E-state index >= 15 is 0 Å². The molecule has 7 nitrogen and oxygen atoms in total.